The van der Waals surface area contributed by atoms with Gasteiger partial charge in [-0.05, 0) is 17.7 Å². The van der Waals surface area contributed by atoms with Gasteiger partial charge in [-0.25, -0.2) is 23.8 Å². The Morgan fingerprint density at radius 1 is 1.04 bits per heavy atom. The van der Waals surface area contributed by atoms with E-state index in [1.807, 2.05) is 0 Å². The van der Waals surface area contributed by atoms with Gasteiger partial charge < -0.3 is 53.9 Å². The number of aromatic nitrogens is 4. The maximum atomic E-state index is 13.2. The topological polar surface area (TPSA) is 293 Å². The molecule has 4 rings (SSSR count). The highest BCUT2D eigenvalue weighted by Crippen LogP contribution is 2.62. The Balaban J connectivity index is 1.45. The molecule has 274 valence electrons. The van der Waals surface area contributed by atoms with Crippen molar-refractivity contribution in [3.05, 3.63) is 12.7 Å². The van der Waals surface area contributed by atoms with Crippen molar-refractivity contribution in [1.29, 1.82) is 0 Å². The summed E-state index contributed by atoms with van der Waals surface area (Å²) in [5, 5.41) is 21.3. The van der Waals surface area contributed by atoms with Crippen LogP contribution >= 0.6 is 14.5 Å². The number of phosphoric acid groups is 1. The van der Waals surface area contributed by atoms with Crippen molar-refractivity contribution in [3.63, 3.8) is 0 Å². The van der Waals surface area contributed by atoms with Gasteiger partial charge in [0.25, 0.3) is 0 Å². The number of rotatable bonds is 13. The minimum absolute atomic E-state index is 0.0638. The number of phosphoric ester groups is 1. The molecule has 0 saturated carbocycles. The number of nitrogen functional groups attached to an aromatic ring is 1. The lowest BCUT2D eigenvalue weighted by Gasteiger charge is -2.45. The summed E-state index contributed by atoms with van der Waals surface area (Å²) in [6, 6.07) is 0. The largest absolute Gasteiger partial charge is 0.481 e. The highest BCUT2D eigenvalue weighted by atomic mass is 32.5. The van der Waals surface area contributed by atoms with Gasteiger partial charge in [-0.1, -0.05) is 13.8 Å². The number of hydrogen-bond acceptors (Lipinski definition) is 19. The molecule has 0 radical (unpaired) electrons. The molecular weight excluding hydrogens is 720 g/mol. The molecule has 2 saturated heterocycles. The summed E-state index contributed by atoms with van der Waals surface area (Å²) in [5.74, 6) is -3.41. The highest BCUT2D eigenvalue weighted by Gasteiger charge is 2.51. The molecule has 2 fully saturated rings. The average Bonchev–Trinajstić information content (AvgIpc) is 3.54. The van der Waals surface area contributed by atoms with E-state index < -0.39 is 107 Å². The van der Waals surface area contributed by atoms with Crippen LogP contribution in [-0.2, 0) is 67.8 Å². The average molecular weight is 758 g/mol. The van der Waals surface area contributed by atoms with Crippen LogP contribution in [0.15, 0.2) is 12.7 Å². The number of carbonyl (C=O) groups excluding carboxylic acids is 3. The molecular formula is C25H37N5O16P2S. The van der Waals surface area contributed by atoms with Gasteiger partial charge in [0, 0.05) is 26.7 Å². The first kappa shape index (κ1) is 39.1. The maximum absolute atomic E-state index is 13.2. The first-order valence-corrected chi connectivity index (χ1v) is 18.7. The Kier molecular flexibility index (Phi) is 12.5. The van der Waals surface area contributed by atoms with E-state index in [1.165, 1.54) is 10.9 Å². The summed E-state index contributed by atoms with van der Waals surface area (Å²) in [5.41, 5.74) is 6.20. The Bertz CT molecular complexity index is 1630. The number of anilines is 1. The zero-order chi connectivity index (χ0) is 36.4. The van der Waals surface area contributed by atoms with Crippen LogP contribution in [0.4, 0.5) is 5.82 Å². The molecule has 0 bridgehead atoms. The fourth-order valence-electron chi connectivity index (χ4n) is 5.30. The molecule has 2 aliphatic rings. The molecule has 49 heavy (non-hydrogen) atoms. The quantitative estimate of drug-likeness (QED) is 0.101. The summed E-state index contributed by atoms with van der Waals surface area (Å²) < 4.78 is 56.8. The molecule has 0 amide bonds. The fraction of sp³-hybridized carbons (Fsp3) is 0.680. The van der Waals surface area contributed by atoms with E-state index in [4.69, 9.17) is 54.6 Å². The van der Waals surface area contributed by atoms with Crippen LogP contribution in [0.2, 0.25) is 0 Å². The Morgan fingerprint density at radius 2 is 1.73 bits per heavy atom. The second-order valence-corrected chi connectivity index (χ2v) is 15.6. The Morgan fingerprint density at radius 3 is 2.37 bits per heavy atom. The van der Waals surface area contributed by atoms with E-state index in [-0.39, 0.29) is 17.0 Å². The molecule has 6 N–H and O–H groups in total. The van der Waals surface area contributed by atoms with E-state index in [9.17, 15) is 38.9 Å². The third kappa shape index (κ3) is 9.54. The van der Waals surface area contributed by atoms with Crippen LogP contribution in [0, 0.1) is 11.8 Å². The van der Waals surface area contributed by atoms with Crippen molar-refractivity contribution in [3.8, 4) is 0 Å². The second kappa shape index (κ2) is 15.7. The molecule has 12 atom stereocenters. The lowest BCUT2D eigenvalue weighted by atomic mass is 9.81. The molecule has 21 nitrogen and oxygen atoms in total. The van der Waals surface area contributed by atoms with Gasteiger partial charge in [0.2, 0.25) is 6.29 Å². The van der Waals surface area contributed by atoms with Crippen LogP contribution in [0.3, 0.4) is 0 Å². The minimum atomic E-state index is -5.43. The second-order valence-electron chi connectivity index (χ2n) is 11.3. The number of nitrogens with zero attached hydrogens (tertiary/aromatic N) is 4. The van der Waals surface area contributed by atoms with Gasteiger partial charge in [0.05, 0.1) is 12.9 Å². The van der Waals surface area contributed by atoms with E-state index in [2.05, 4.69) is 15.0 Å². The molecule has 2 aromatic heterocycles. The lowest BCUT2D eigenvalue weighted by Crippen LogP contribution is -2.56. The monoisotopic (exact) mass is 757 g/mol. The SMILES string of the molecule is CC(=O)OC[C@@H](OC(C)=O)C1O[C@@H](OP(=O)(O)OP(O)(=S)OC[C@H]2O[C@@H](n3cnc4c(N)ncnc43)C(O)[C@H]2O)C(OC(C)=O)[C@@H](C)[C@@H]1C. The van der Waals surface area contributed by atoms with E-state index in [0.717, 1.165) is 27.1 Å². The van der Waals surface area contributed by atoms with Gasteiger partial charge in [-0.2, -0.15) is 0 Å². The molecule has 5 unspecified atom stereocenters. The van der Waals surface area contributed by atoms with Crippen molar-refractivity contribution in [1.82, 2.24) is 19.5 Å². The van der Waals surface area contributed by atoms with Crippen molar-refractivity contribution < 1.29 is 76.0 Å². The van der Waals surface area contributed by atoms with Gasteiger partial charge in [-0.3, -0.25) is 23.5 Å². The number of carbonyl (C=O) groups is 3. The third-order valence-corrected chi connectivity index (χ3v) is 11.2. The van der Waals surface area contributed by atoms with Gasteiger partial charge >= 0.3 is 32.4 Å². The third-order valence-electron chi connectivity index (χ3n) is 7.71. The van der Waals surface area contributed by atoms with Crippen molar-refractivity contribution >= 4 is 61.2 Å². The molecule has 24 heteroatoms. The zero-order valence-electron chi connectivity index (χ0n) is 26.7. The first-order chi connectivity index (χ1) is 22.8. The number of aliphatic hydroxyl groups excluding tert-OH is 2. The van der Waals surface area contributed by atoms with E-state index in [0.29, 0.717) is 0 Å². The van der Waals surface area contributed by atoms with Crippen LogP contribution in [-0.4, -0.2) is 114 Å². The van der Waals surface area contributed by atoms with E-state index >= 15 is 0 Å². The van der Waals surface area contributed by atoms with Crippen LogP contribution in [0.1, 0.15) is 40.8 Å². The number of imidazole rings is 1. The Hall–Kier alpha value is -2.72. The van der Waals surface area contributed by atoms with Gasteiger partial charge in [-0.15, -0.1) is 0 Å². The number of esters is 3. The lowest BCUT2D eigenvalue weighted by molar-refractivity contribution is -0.270. The van der Waals surface area contributed by atoms with Crippen molar-refractivity contribution in [2.24, 2.45) is 11.8 Å². The molecule has 0 aliphatic carbocycles. The summed E-state index contributed by atoms with van der Waals surface area (Å²) in [6.45, 7) is 0.727. The highest BCUT2D eigenvalue weighted by molar-refractivity contribution is 8.08. The predicted molar refractivity (Wildman–Crippen MR) is 165 cm³/mol. The molecule has 0 spiro atoms. The first-order valence-electron chi connectivity index (χ1n) is 14.6. The Labute approximate surface area is 283 Å². The molecule has 2 aromatic rings. The number of fused-ring (bicyclic) bond motifs is 1. The van der Waals surface area contributed by atoms with Crippen LogP contribution < -0.4 is 5.73 Å². The molecule has 0 aromatic carbocycles. The van der Waals surface area contributed by atoms with Gasteiger partial charge in [0.15, 0.2) is 29.9 Å². The smallest absolute Gasteiger partial charge is 0.462 e. The molecule has 2 aliphatic heterocycles. The fourth-order valence-corrected chi connectivity index (χ4v) is 8.40. The number of ether oxygens (including phenoxy) is 5. The van der Waals surface area contributed by atoms with Crippen molar-refractivity contribution in [2.75, 3.05) is 18.9 Å². The summed E-state index contributed by atoms with van der Waals surface area (Å²) >= 11 is 4.89. The molecule has 4 heterocycles. The normalized spacial score (nSPS) is 31.7. The number of nitrogens with two attached hydrogens (primary N) is 1. The maximum Gasteiger partial charge on any atom is 0.481 e. The summed E-state index contributed by atoms with van der Waals surface area (Å²) in [7, 11) is -5.43. The van der Waals surface area contributed by atoms with Crippen LogP contribution in [0.5, 0.6) is 0 Å². The summed E-state index contributed by atoms with van der Waals surface area (Å²) in [4.78, 5) is 68.5. The van der Waals surface area contributed by atoms with E-state index in [1.54, 1.807) is 13.8 Å². The number of aliphatic hydroxyl groups is 2. The van der Waals surface area contributed by atoms with Gasteiger partial charge in [0.1, 0.15) is 42.9 Å². The minimum Gasteiger partial charge on any atom is -0.462 e. The van der Waals surface area contributed by atoms with Crippen LogP contribution in [0.25, 0.3) is 11.2 Å². The summed E-state index contributed by atoms with van der Waals surface area (Å²) in [6.07, 6.45) is -8.85. The van der Waals surface area contributed by atoms with Crippen molar-refractivity contribution in [2.45, 2.75) is 83.8 Å². The zero-order valence-corrected chi connectivity index (χ0v) is 29.3. The standard InChI is InChI=1S/C25H37N5O16P2S/c1-10-11(2)21(42-14(5)33)25(44-20(10)16(41-13(4)32)6-39-12(3)31)45-47(36,37)46-48(38,49)40-7-15-18(34)19(35)24(43-15)30-9-29-17-22(26)27-8-28-23(17)30/h8-11,15-16,18-21,24-25,34-35H,6-7H2,1-5H3,(H,36,37)(H,38,49)(H2,26,27,28)/t10-,11-,15+,16+,18-,19?,20?,21?,24+,25-,48?/m0/s1. The number of hydrogen-bond donors (Lipinski definition) is 5. The predicted octanol–water partition coefficient (Wildman–Crippen LogP) is -0.182.